The number of ether oxygens (including phenoxy) is 3. The highest BCUT2D eigenvalue weighted by Gasteiger charge is 2.33. The van der Waals surface area contributed by atoms with Gasteiger partial charge in [-0.25, -0.2) is 4.79 Å². The summed E-state index contributed by atoms with van der Waals surface area (Å²) < 4.78 is 49.8. The van der Waals surface area contributed by atoms with Gasteiger partial charge in [-0.3, -0.25) is 0 Å². The first kappa shape index (κ1) is 15.8. The van der Waals surface area contributed by atoms with Crippen LogP contribution in [0, 0.1) is 3.57 Å². The number of pyridine rings is 1. The number of hydrogen-bond acceptors (Lipinski definition) is 5. The van der Waals surface area contributed by atoms with Gasteiger partial charge in [-0.2, -0.15) is 4.98 Å². The van der Waals surface area contributed by atoms with Crippen molar-refractivity contribution in [2.24, 2.45) is 0 Å². The summed E-state index contributed by atoms with van der Waals surface area (Å²) in [4.78, 5) is 15.1. The van der Waals surface area contributed by atoms with Gasteiger partial charge < -0.3 is 14.2 Å². The molecule has 1 rings (SSSR count). The number of esters is 1. The van der Waals surface area contributed by atoms with Crippen LogP contribution in [-0.4, -0.2) is 31.0 Å². The lowest BCUT2D eigenvalue weighted by Crippen LogP contribution is -2.19. The molecule has 0 atom stereocenters. The molecule has 0 unspecified atom stereocenters. The molecule has 0 spiro atoms. The third kappa shape index (κ3) is 4.40. The van der Waals surface area contributed by atoms with Crippen molar-refractivity contribution in [1.29, 1.82) is 0 Å². The first-order chi connectivity index (χ1) is 8.78. The molecule has 0 aromatic carbocycles. The first-order valence-corrected chi connectivity index (χ1v) is 6.03. The summed E-state index contributed by atoms with van der Waals surface area (Å²) >= 11 is 1.72. The summed E-state index contributed by atoms with van der Waals surface area (Å²) in [6.45, 7) is 1.67. The molecule has 1 heterocycles. The van der Waals surface area contributed by atoms with Crippen molar-refractivity contribution < 1.29 is 32.2 Å². The van der Waals surface area contributed by atoms with Gasteiger partial charge in [0.15, 0.2) is 0 Å². The van der Waals surface area contributed by atoms with Gasteiger partial charge in [-0.05, 0) is 29.5 Å². The second-order valence-electron chi connectivity index (χ2n) is 3.10. The third-order valence-electron chi connectivity index (χ3n) is 1.81. The van der Waals surface area contributed by atoms with Gasteiger partial charge in [0.2, 0.25) is 11.8 Å². The Morgan fingerprint density at radius 2 is 2.11 bits per heavy atom. The lowest BCUT2D eigenvalue weighted by Gasteiger charge is -2.12. The van der Waals surface area contributed by atoms with Crippen molar-refractivity contribution in [3.8, 4) is 11.8 Å². The Labute approximate surface area is 120 Å². The van der Waals surface area contributed by atoms with E-state index in [9.17, 15) is 18.0 Å². The topological polar surface area (TPSA) is 57.7 Å². The van der Waals surface area contributed by atoms with Crippen molar-refractivity contribution in [2.45, 2.75) is 13.3 Å². The van der Waals surface area contributed by atoms with Crippen molar-refractivity contribution in [3.05, 3.63) is 15.2 Å². The van der Waals surface area contributed by atoms with Crippen LogP contribution in [-0.2, 0) is 4.74 Å². The van der Waals surface area contributed by atoms with Gasteiger partial charge in [0.05, 0.1) is 22.9 Å². The fourth-order valence-electron chi connectivity index (χ4n) is 1.15. The predicted octanol–water partition coefficient (Wildman–Crippen LogP) is 2.77. The van der Waals surface area contributed by atoms with Crippen LogP contribution in [0.5, 0.6) is 11.8 Å². The maximum absolute atomic E-state index is 12.1. The zero-order valence-corrected chi connectivity index (χ0v) is 12.0. The zero-order chi connectivity index (χ0) is 14.6. The number of alkyl halides is 3. The van der Waals surface area contributed by atoms with Crippen molar-refractivity contribution in [1.82, 2.24) is 4.98 Å². The molecule has 19 heavy (non-hydrogen) atoms. The molecule has 0 N–H and O–H groups in total. The van der Waals surface area contributed by atoms with Gasteiger partial charge in [0.1, 0.15) is 0 Å². The van der Waals surface area contributed by atoms with Crippen LogP contribution in [0.1, 0.15) is 17.3 Å². The van der Waals surface area contributed by atoms with Crippen LogP contribution in [0.4, 0.5) is 13.2 Å². The van der Waals surface area contributed by atoms with Gasteiger partial charge in [0, 0.05) is 6.07 Å². The van der Waals surface area contributed by atoms with Crippen molar-refractivity contribution in [3.63, 3.8) is 0 Å². The minimum Gasteiger partial charge on any atom is -0.480 e. The summed E-state index contributed by atoms with van der Waals surface area (Å²) in [6.07, 6.45) is -4.91. The van der Waals surface area contributed by atoms with Crippen LogP contribution in [0.15, 0.2) is 6.07 Å². The van der Waals surface area contributed by atoms with Gasteiger partial charge in [-0.15, -0.1) is 13.2 Å². The zero-order valence-electron chi connectivity index (χ0n) is 9.88. The molecule has 1 aromatic heterocycles. The molecular weight excluding hydrogens is 382 g/mol. The van der Waals surface area contributed by atoms with Crippen LogP contribution in [0.25, 0.3) is 0 Å². The van der Waals surface area contributed by atoms with E-state index >= 15 is 0 Å². The number of hydrogen-bond donors (Lipinski definition) is 0. The standard InChI is InChI=1S/C10H9F3INO4/c1-3-18-9(16)5-4-6(19-10(11,12)13)15-8(17-2)7(5)14/h4H,3H2,1-2H3. The molecule has 0 aliphatic carbocycles. The highest BCUT2D eigenvalue weighted by molar-refractivity contribution is 14.1. The fraction of sp³-hybridized carbons (Fsp3) is 0.400. The Morgan fingerprint density at radius 1 is 1.47 bits per heavy atom. The quantitative estimate of drug-likeness (QED) is 0.584. The average molecular weight is 391 g/mol. The van der Waals surface area contributed by atoms with E-state index in [4.69, 9.17) is 9.47 Å². The molecule has 0 aliphatic rings. The number of halogens is 4. The Bertz CT molecular complexity index is 479. The summed E-state index contributed by atoms with van der Waals surface area (Å²) in [5.74, 6) is -1.71. The molecular formula is C10H9F3INO4. The fourth-order valence-corrected chi connectivity index (χ4v) is 1.86. The molecule has 0 aliphatic heterocycles. The molecule has 0 saturated heterocycles. The summed E-state index contributed by atoms with van der Waals surface area (Å²) in [6, 6.07) is 0.857. The van der Waals surface area contributed by atoms with E-state index in [0.29, 0.717) is 0 Å². The Kier molecular flexibility index (Phi) is 5.20. The lowest BCUT2D eigenvalue weighted by atomic mass is 10.2. The molecule has 5 nitrogen and oxygen atoms in total. The Morgan fingerprint density at radius 3 is 2.58 bits per heavy atom. The van der Waals surface area contributed by atoms with Crippen LogP contribution >= 0.6 is 22.6 Å². The van der Waals surface area contributed by atoms with Gasteiger partial charge >= 0.3 is 12.3 Å². The maximum atomic E-state index is 12.1. The third-order valence-corrected chi connectivity index (χ3v) is 2.86. The Hall–Kier alpha value is -1.26. The van der Waals surface area contributed by atoms with E-state index in [-0.39, 0.29) is 21.6 Å². The number of methoxy groups -OCH3 is 1. The van der Waals surface area contributed by atoms with E-state index in [1.54, 1.807) is 29.5 Å². The molecule has 1 aromatic rings. The van der Waals surface area contributed by atoms with E-state index in [1.807, 2.05) is 0 Å². The summed E-state index contributed by atoms with van der Waals surface area (Å²) in [7, 11) is 1.22. The van der Waals surface area contributed by atoms with E-state index < -0.39 is 18.2 Å². The molecule has 9 heteroatoms. The molecule has 0 bridgehead atoms. The highest BCUT2D eigenvalue weighted by Crippen LogP contribution is 2.29. The smallest absolute Gasteiger partial charge is 0.480 e. The van der Waals surface area contributed by atoms with E-state index in [0.717, 1.165) is 6.07 Å². The van der Waals surface area contributed by atoms with Crippen LogP contribution in [0.3, 0.4) is 0 Å². The summed E-state index contributed by atoms with van der Waals surface area (Å²) in [5, 5.41) is 0. The van der Waals surface area contributed by atoms with Crippen LogP contribution < -0.4 is 9.47 Å². The van der Waals surface area contributed by atoms with Crippen LogP contribution in [0.2, 0.25) is 0 Å². The normalized spacial score (nSPS) is 11.1. The minimum atomic E-state index is -4.91. The second-order valence-corrected chi connectivity index (χ2v) is 4.18. The Balaban J connectivity index is 3.22. The lowest BCUT2D eigenvalue weighted by molar-refractivity contribution is -0.276. The molecule has 0 radical (unpaired) electrons. The van der Waals surface area contributed by atoms with Gasteiger partial charge in [0.25, 0.3) is 0 Å². The highest BCUT2D eigenvalue weighted by atomic mass is 127. The number of aromatic nitrogens is 1. The molecule has 0 fully saturated rings. The van der Waals surface area contributed by atoms with E-state index in [2.05, 4.69) is 9.72 Å². The first-order valence-electron chi connectivity index (χ1n) is 4.96. The maximum Gasteiger partial charge on any atom is 0.574 e. The molecule has 0 amide bonds. The number of carbonyl (C=O) groups is 1. The number of rotatable bonds is 4. The largest absolute Gasteiger partial charge is 0.574 e. The average Bonchev–Trinajstić information content (AvgIpc) is 2.29. The minimum absolute atomic E-state index is 0.0923. The van der Waals surface area contributed by atoms with Crippen molar-refractivity contribution >= 4 is 28.6 Å². The predicted molar refractivity (Wildman–Crippen MR) is 66.1 cm³/mol. The SMILES string of the molecule is CCOC(=O)c1cc(OC(F)(F)F)nc(OC)c1I. The second kappa shape index (κ2) is 6.26. The number of carbonyl (C=O) groups excluding carboxylic acids is 1. The monoisotopic (exact) mass is 391 g/mol. The molecule has 0 saturated carbocycles. The summed E-state index contributed by atoms with van der Waals surface area (Å²) in [5.41, 5.74) is -0.103. The number of nitrogens with zero attached hydrogens (tertiary/aromatic N) is 1. The van der Waals surface area contributed by atoms with Crippen molar-refractivity contribution in [2.75, 3.05) is 13.7 Å². The van der Waals surface area contributed by atoms with E-state index in [1.165, 1.54) is 7.11 Å². The molecule has 106 valence electrons. The van der Waals surface area contributed by atoms with Gasteiger partial charge in [-0.1, -0.05) is 0 Å².